The van der Waals surface area contributed by atoms with Crippen molar-refractivity contribution in [2.45, 2.75) is 86.0 Å². The minimum absolute atomic E-state index is 0.0935. The first kappa shape index (κ1) is 20.0. The summed E-state index contributed by atoms with van der Waals surface area (Å²) in [6, 6.07) is 4.64. The molecule has 0 spiro atoms. The Morgan fingerprint density at radius 3 is 1.33 bits per heavy atom. The Morgan fingerprint density at radius 2 is 1.14 bits per heavy atom. The molecule has 21 heavy (non-hydrogen) atoms. The molecule has 0 heterocycles. The number of hydrogen-bond donors (Lipinski definition) is 0. The van der Waals surface area contributed by atoms with E-state index in [0.717, 1.165) is 5.75 Å². The van der Waals surface area contributed by atoms with E-state index < -0.39 is 0 Å². The minimum Gasteiger partial charge on any atom is -0.496 e. The van der Waals surface area contributed by atoms with Crippen molar-refractivity contribution in [1.82, 2.24) is 0 Å². The molecule has 1 rings (SSSR count). The molecule has 0 N–H and O–H groups in total. The molecule has 0 bridgehead atoms. The van der Waals surface area contributed by atoms with E-state index in [0.29, 0.717) is 5.92 Å². The maximum atomic E-state index is 5.76. The van der Waals surface area contributed by atoms with Crippen molar-refractivity contribution >= 4 is 0 Å². The highest BCUT2D eigenvalue weighted by Crippen LogP contribution is 2.41. The summed E-state index contributed by atoms with van der Waals surface area (Å²) >= 11 is 0. The highest BCUT2D eigenvalue weighted by Gasteiger charge is 2.27. The monoisotopic (exact) mass is 292 g/mol. The third-order valence-corrected chi connectivity index (χ3v) is 3.60. The van der Waals surface area contributed by atoms with Crippen LogP contribution in [0.5, 0.6) is 5.75 Å². The van der Waals surface area contributed by atoms with Crippen LogP contribution in [0.1, 0.15) is 91.8 Å². The summed E-state index contributed by atoms with van der Waals surface area (Å²) in [4.78, 5) is 0. The number of benzene rings is 1. The van der Waals surface area contributed by atoms with Crippen molar-refractivity contribution in [3.8, 4) is 5.75 Å². The van der Waals surface area contributed by atoms with Gasteiger partial charge in [-0.2, -0.15) is 0 Å². The average molecular weight is 293 g/mol. The minimum atomic E-state index is 0.0935. The number of rotatable bonds is 2. The SMILES string of the molecule is CC.COc1c(C(C)(C)C)cc(C(C)C)cc1C(C)(C)C. The molecule has 0 amide bonds. The van der Waals surface area contributed by atoms with Gasteiger partial charge in [0, 0.05) is 11.1 Å². The van der Waals surface area contributed by atoms with Crippen molar-refractivity contribution in [3.05, 3.63) is 28.8 Å². The Hall–Kier alpha value is -0.980. The smallest absolute Gasteiger partial charge is 0.126 e. The Bertz CT molecular complexity index is 407. The van der Waals surface area contributed by atoms with Crippen LogP contribution in [-0.4, -0.2) is 7.11 Å². The fraction of sp³-hybridized carbons (Fsp3) is 0.700. The number of methoxy groups -OCH3 is 1. The molecule has 1 aromatic carbocycles. The molecule has 0 saturated heterocycles. The van der Waals surface area contributed by atoms with Crippen molar-refractivity contribution < 1.29 is 4.74 Å². The lowest BCUT2D eigenvalue weighted by atomic mass is 9.77. The lowest BCUT2D eigenvalue weighted by Crippen LogP contribution is -2.20. The predicted molar refractivity (Wildman–Crippen MR) is 95.8 cm³/mol. The van der Waals surface area contributed by atoms with Gasteiger partial charge in [0.15, 0.2) is 0 Å². The number of ether oxygens (including phenoxy) is 1. The van der Waals surface area contributed by atoms with Gasteiger partial charge < -0.3 is 4.74 Å². The van der Waals surface area contributed by atoms with Gasteiger partial charge in [0.2, 0.25) is 0 Å². The van der Waals surface area contributed by atoms with Crippen LogP contribution in [0.4, 0.5) is 0 Å². The third-order valence-electron chi connectivity index (χ3n) is 3.60. The fourth-order valence-corrected chi connectivity index (χ4v) is 2.32. The topological polar surface area (TPSA) is 9.23 Å². The molecule has 0 aromatic heterocycles. The van der Waals surface area contributed by atoms with Gasteiger partial charge in [-0.25, -0.2) is 0 Å². The molecule has 0 aliphatic rings. The molecular formula is C20H36O. The van der Waals surface area contributed by atoms with Crippen molar-refractivity contribution in [3.63, 3.8) is 0 Å². The first-order chi connectivity index (χ1) is 9.48. The van der Waals surface area contributed by atoms with Crippen LogP contribution in [-0.2, 0) is 10.8 Å². The molecule has 0 saturated carbocycles. The van der Waals surface area contributed by atoms with Gasteiger partial charge >= 0.3 is 0 Å². The average Bonchev–Trinajstić information content (AvgIpc) is 2.37. The summed E-state index contributed by atoms with van der Waals surface area (Å²) in [7, 11) is 1.79. The third kappa shape index (κ3) is 5.05. The van der Waals surface area contributed by atoms with Gasteiger partial charge in [-0.1, -0.05) is 81.4 Å². The lowest BCUT2D eigenvalue weighted by Gasteiger charge is -2.30. The zero-order valence-corrected chi connectivity index (χ0v) is 16.1. The Kier molecular flexibility index (Phi) is 6.99. The molecular weight excluding hydrogens is 256 g/mol. The lowest BCUT2D eigenvalue weighted by molar-refractivity contribution is 0.381. The standard InChI is InChI=1S/C18H30O.C2H6/c1-12(2)13-10-14(17(3,4)5)16(19-9)15(11-13)18(6,7)8;1-2/h10-12H,1-9H3;1-2H3. The molecule has 0 unspecified atom stereocenters. The van der Waals surface area contributed by atoms with Gasteiger partial charge in [-0.15, -0.1) is 0 Å². The van der Waals surface area contributed by atoms with Gasteiger partial charge in [-0.3, -0.25) is 0 Å². The quantitative estimate of drug-likeness (QED) is 0.609. The van der Waals surface area contributed by atoms with Gasteiger partial charge in [0.1, 0.15) is 5.75 Å². The zero-order chi connectivity index (χ0) is 17.0. The van der Waals surface area contributed by atoms with E-state index in [4.69, 9.17) is 4.74 Å². The van der Waals surface area contributed by atoms with Crippen molar-refractivity contribution in [2.24, 2.45) is 0 Å². The van der Waals surface area contributed by atoms with E-state index in [1.807, 2.05) is 13.8 Å². The summed E-state index contributed by atoms with van der Waals surface area (Å²) in [6.07, 6.45) is 0. The van der Waals surface area contributed by atoms with E-state index in [-0.39, 0.29) is 10.8 Å². The normalized spacial score (nSPS) is 12.0. The predicted octanol–water partition coefficient (Wildman–Crippen LogP) is 6.44. The maximum absolute atomic E-state index is 5.76. The van der Waals surface area contributed by atoms with Gasteiger partial charge in [-0.05, 0) is 22.3 Å². The molecule has 0 aliphatic heterocycles. The molecule has 0 atom stereocenters. The van der Waals surface area contributed by atoms with Crippen molar-refractivity contribution in [2.75, 3.05) is 7.11 Å². The highest BCUT2D eigenvalue weighted by atomic mass is 16.5. The Labute approximate surface area is 133 Å². The second-order valence-corrected chi connectivity index (χ2v) is 7.80. The summed E-state index contributed by atoms with van der Waals surface area (Å²) in [5, 5.41) is 0. The van der Waals surface area contributed by atoms with Crippen LogP contribution in [0.3, 0.4) is 0 Å². The summed E-state index contributed by atoms with van der Waals surface area (Å²) in [6.45, 7) is 22.0. The van der Waals surface area contributed by atoms with E-state index >= 15 is 0 Å². The largest absolute Gasteiger partial charge is 0.496 e. The van der Waals surface area contributed by atoms with Crippen molar-refractivity contribution in [1.29, 1.82) is 0 Å². The van der Waals surface area contributed by atoms with Crippen LogP contribution in [0.2, 0.25) is 0 Å². The first-order valence-electron chi connectivity index (χ1n) is 8.21. The van der Waals surface area contributed by atoms with E-state index in [1.54, 1.807) is 7.11 Å². The Morgan fingerprint density at radius 1 is 0.810 bits per heavy atom. The molecule has 0 fully saturated rings. The second-order valence-electron chi connectivity index (χ2n) is 7.80. The molecule has 1 heteroatoms. The van der Waals surface area contributed by atoms with E-state index in [9.17, 15) is 0 Å². The van der Waals surface area contributed by atoms with E-state index in [2.05, 4.69) is 67.5 Å². The van der Waals surface area contributed by atoms with Crippen LogP contribution in [0.15, 0.2) is 12.1 Å². The van der Waals surface area contributed by atoms with E-state index in [1.165, 1.54) is 16.7 Å². The maximum Gasteiger partial charge on any atom is 0.126 e. The van der Waals surface area contributed by atoms with Gasteiger partial charge in [0.25, 0.3) is 0 Å². The molecule has 1 aromatic rings. The summed E-state index contributed by atoms with van der Waals surface area (Å²) in [5.41, 5.74) is 4.21. The van der Waals surface area contributed by atoms with Crippen LogP contribution >= 0.6 is 0 Å². The fourth-order valence-electron chi connectivity index (χ4n) is 2.32. The molecule has 0 radical (unpaired) electrons. The van der Waals surface area contributed by atoms with Gasteiger partial charge in [0.05, 0.1) is 7.11 Å². The Balaban J connectivity index is 0.00000191. The molecule has 1 nitrogen and oxygen atoms in total. The van der Waals surface area contributed by atoms with Crippen LogP contribution in [0.25, 0.3) is 0 Å². The molecule has 122 valence electrons. The zero-order valence-electron chi connectivity index (χ0n) is 16.1. The van der Waals surface area contributed by atoms with Crippen LogP contribution in [0, 0.1) is 0 Å². The molecule has 0 aliphatic carbocycles. The first-order valence-corrected chi connectivity index (χ1v) is 8.21. The number of hydrogen-bond acceptors (Lipinski definition) is 1. The summed E-state index contributed by atoms with van der Waals surface area (Å²) < 4.78 is 5.76. The summed E-state index contributed by atoms with van der Waals surface area (Å²) in [5.74, 6) is 1.59. The van der Waals surface area contributed by atoms with Crippen LogP contribution < -0.4 is 4.74 Å². The second kappa shape index (κ2) is 7.33. The highest BCUT2D eigenvalue weighted by molar-refractivity contribution is 5.51.